The van der Waals surface area contributed by atoms with Crippen molar-refractivity contribution in [1.82, 2.24) is 4.90 Å². The number of carbonyl (C=O) groups is 2. The predicted octanol–water partition coefficient (Wildman–Crippen LogP) is 0.579. The van der Waals surface area contributed by atoms with Crippen LogP contribution >= 0.6 is 0 Å². The van der Waals surface area contributed by atoms with Gasteiger partial charge in [-0.2, -0.15) is 0 Å². The summed E-state index contributed by atoms with van der Waals surface area (Å²) in [5.74, 6) is 0.440. The lowest BCUT2D eigenvalue weighted by atomic mass is 9.95. The molecule has 0 aromatic carbocycles. The van der Waals surface area contributed by atoms with Gasteiger partial charge >= 0.3 is 5.97 Å². The Bertz CT molecular complexity index is 305. The molecule has 4 heteroatoms. The van der Waals surface area contributed by atoms with Crippen LogP contribution in [0.1, 0.15) is 19.3 Å². The molecule has 0 heterocycles. The zero-order valence-corrected chi connectivity index (χ0v) is 8.77. The van der Waals surface area contributed by atoms with Crippen LogP contribution in [0.4, 0.5) is 0 Å². The lowest BCUT2D eigenvalue weighted by molar-refractivity contribution is -0.148. The molecule has 0 aromatic heterocycles. The topological polar surface area (TPSA) is 57.6 Å². The molecular weight excluding hydrogens is 194 g/mol. The molecule has 0 saturated heterocycles. The minimum Gasteiger partial charge on any atom is -0.481 e. The summed E-state index contributed by atoms with van der Waals surface area (Å²) in [6.45, 7) is 0.238. The van der Waals surface area contributed by atoms with Gasteiger partial charge < -0.3 is 10.0 Å². The highest BCUT2D eigenvalue weighted by Gasteiger charge is 2.38. The van der Waals surface area contributed by atoms with E-state index in [9.17, 15) is 9.59 Å². The highest BCUT2D eigenvalue weighted by Crippen LogP contribution is 2.33. The monoisotopic (exact) mass is 209 g/mol. The van der Waals surface area contributed by atoms with Crippen LogP contribution in [0.3, 0.4) is 0 Å². The van der Waals surface area contributed by atoms with E-state index in [2.05, 4.69) is 5.92 Å². The highest BCUT2D eigenvalue weighted by molar-refractivity contribution is 5.85. The number of hydrogen-bond acceptors (Lipinski definition) is 2. The van der Waals surface area contributed by atoms with Crippen molar-refractivity contribution in [1.29, 1.82) is 0 Å². The van der Waals surface area contributed by atoms with E-state index >= 15 is 0 Å². The van der Waals surface area contributed by atoms with Gasteiger partial charge in [0.25, 0.3) is 0 Å². The summed E-state index contributed by atoms with van der Waals surface area (Å²) in [7, 11) is 1.61. The molecule has 0 bridgehead atoms. The zero-order chi connectivity index (χ0) is 11.4. The normalized spacial score (nSPS) is 24.5. The van der Waals surface area contributed by atoms with Crippen molar-refractivity contribution in [2.24, 2.45) is 11.8 Å². The molecular formula is C11H15NO3. The molecule has 15 heavy (non-hydrogen) atoms. The van der Waals surface area contributed by atoms with Crippen LogP contribution in [0, 0.1) is 24.2 Å². The van der Waals surface area contributed by atoms with Gasteiger partial charge in [0.2, 0.25) is 5.91 Å². The molecule has 1 aliphatic rings. The number of carboxylic acids is 1. The van der Waals surface area contributed by atoms with Crippen molar-refractivity contribution in [3.05, 3.63) is 0 Å². The fourth-order valence-electron chi connectivity index (χ4n) is 2.05. The summed E-state index contributed by atoms with van der Waals surface area (Å²) < 4.78 is 0. The summed E-state index contributed by atoms with van der Waals surface area (Å²) in [6, 6.07) is 0. The van der Waals surface area contributed by atoms with E-state index in [4.69, 9.17) is 11.5 Å². The summed E-state index contributed by atoms with van der Waals surface area (Å²) in [5, 5.41) is 8.93. The van der Waals surface area contributed by atoms with Gasteiger partial charge in [0.05, 0.1) is 18.4 Å². The lowest BCUT2D eigenvalue weighted by Crippen LogP contribution is -2.36. The molecule has 2 atom stereocenters. The average molecular weight is 209 g/mol. The second-order valence-electron chi connectivity index (χ2n) is 3.88. The molecule has 4 nitrogen and oxygen atoms in total. The first-order valence-corrected chi connectivity index (χ1v) is 4.99. The molecule has 1 amide bonds. The Morgan fingerprint density at radius 2 is 2.07 bits per heavy atom. The summed E-state index contributed by atoms with van der Waals surface area (Å²) in [6.07, 6.45) is 7.15. The predicted molar refractivity (Wildman–Crippen MR) is 54.9 cm³/mol. The van der Waals surface area contributed by atoms with Crippen LogP contribution in [0.15, 0.2) is 0 Å². The second kappa shape index (κ2) is 4.83. The quantitative estimate of drug-likeness (QED) is 0.692. The van der Waals surface area contributed by atoms with Crippen molar-refractivity contribution in [2.75, 3.05) is 13.6 Å². The van der Waals surface area contributed by atoms with E-state index in [1.54, 1.807) is 7.05 Å². The number of rotatable bonds is 3. The van der Waals surface area contributed by atoms with E-state index < -0.39 is 11.9 Å². The maximum absolute atomic E-state index is 11.8. The van der Waals surface area contributed by atoms with Gasteiger partial charge in [-0.25, -0.2) is 0 Å². The molecule has 0 aromatic rings. The van der Waals surface area contributed by atoms with E-state index in [-0.39, 0.29) is 18.4 Å². The Hall–Kier alpha value is -1.50. The first-order valence-electron chi connectivity index (χ1n) is 4.99. The molecule has 1 saturated carbocycles. The largest absolute Gasteiger partial charge is 0.481 e. The van der Waals surface area contributed by atoms with Gasteiger partial charge in [0.15, 0.2) is 0 Å². The molecule has 1 aliphatic carbocycles. The van der Waals surface area contributed by atoms with E-state index in [1.807, 2.05) is 0 Å². The average Bonchev–Trinajstić information content (AvgIpc) is 2.65. The third-order valence-electron chi connectivity index (χ3n) is 2.86. The molecule has 82 valence electrons. The molecule has 0 radical (unpaired) electrons. The van der Waals surface area contributed by atoms with Gasteiger partial charge in [-0.15, -0.1) is 6.42 Å². The summed E-state index contributed by atoms with van der Waals surface area (Å²) in [5.41, 5.74) is 0. The van der Waals surface area contributed by atoms with Gasteiger partial charge in [0, 0.05) is 7.05 Å². The van der Waals surface area contributed by atoms with Crippen LogP contribution < -0.4 is 0 Å². The van der Waals surface area contributed by atoms with Crippen LogP contribution in [-0.4, -0.2) is 35.5 Å². The number of aliphatic carboxylic acids is 1. The van der Waals surface area contributed by atoms with E-state index in [0.717, 1.165) is 6.42 Å². The smallest absolute Gasteiger partial charge is 0.307 e. The Kier molecular flexibility index (Phi) is 3.73. The number of carboxylic acid groups (broad SMARTS) is 1. The van der Waals surface area contributed by atoms with Gasteiger partial charge in [0.1, 0.15) is 0 Å². The fourth-order valence-corrected chi connectivity index (χ4v) is 2.05. The second-order valence-corrected chi connectivity index (χ2v) is 3.88. The Labute approximate surface area is 89.3 Å². The van der Waals surface area contributed by atoms with Crippen molar-refractivity contribution in [3.63, 3.8) is 0 Å². The van der Waals surface area contributed by atoms with Crippen LogP contribution in [-0.2, 0) is 9.59 Å². The Morgan fingerprint density at radius 1 is 1.47 bits per heavy atom. The molecule has 1 N–H and O–H groups in total. The minimum atomic E-state index is -0.875. The maximum atomic E-state index is 11.8. The lowest BCUT2D eigenvalue weighted by Gasteiger charge is -2.21. The van der Waals surface area contributed by atoms with Gasteiger partial charge in [-0.1, -0.05) is 12.3 Å². The summed E-state index contributed by atoms with van der Waals surface area (Å²) >= 11 is 0. The molecule has 0 aliphatic heterocycles. The number of terminal acetylenes is 1. The standard InChI is InChI=1S/C11H15NO3/c1-3-7-12(2)10(13)8-5-4-6-9(8)11(14)15/h1,8-9H,4-7H2,2H3,(H,14,15). The zero-order valence-electron chi connectivity index (χ0n) is 8.77. The number of amides is 1. The van der Waals surface area contributed by atoms with Crippen LogP contribution in [0.5, 0.6) is 0 Å². The van der Waals surface area contributed by atoms with Crippen molar-refractivity contribution in [3.8, 4) is 12.3 Å². The minimum absolute atomic E-state index is 0.141. The molecule has 2 unspecified atom stereocenters. The van der Waals surface area contributed by atoms with Crippen LogP contribution in [0.25, 0.3) is 0 Å². The fraction of sp³-hybridized carbons (Fsp3) is 0.636. The third kappa shape index (κ3) is 2.50. The third-order valence-corrected chi connectivity index (χ3v) is 2.86. The molecule has 1 rings (SSSR count). The number of hydrogen-bond donors (Lipinski definition) is 1. The van der Waals surface area contributed by atoms with Gasteiger partial charge in [-0.3, -0.25) is 9.59 Å². The highest BCUT2D eigenvalue weighted by atomic mass is 16.4. The maximum Gasteiger partial charge on any atom is 0.307 e. The van der Waals surface area contributed by atoms with Crippen LogP contribution in [0.2, 0.25) is 0 Å². The molecule has 0 spiro atoms. The van der Waals surface area contributed by atoms with E-state index in [1.165, 1.54) is 4.90 Å². The van der Waals surface area contributed by atoms with Crippen molar-refractivity contribution >= 4 is 11.9 Å². The summed E-state index contributed by atoms with van der Waals surface area (Å²) in [4.78, 5) is 24.1. The first-order chi connectivity index (χ1) is 7.07. The van der Waals surface area contributed by atoms with E-state index in [0.29, 0.717) is 12.8 Å². The van der Waals surface area contributed by atoms with Crippen molar-refractivity contribution < 1.29 is 14.7 Å². The SMILES string of the molecule is C#CCN(C)C(=O)C1CCCC1C(=O)O. The van der Waals surface area contributed by atoms with Crippen molar-refractivity contribution in [2.45, 2.75) is 19.3 Å². The Morgan fingerprint density at radius 3 is 2.60 bits per heavy atom. The first kappa shape index (κ1) is 11.6. The number of carbonyl (C=O) groups excluding carboxylic acids is 1. The number of nitrogens with zero attached hydrogens (tertiary/aromatic N) is 1. The Balaban J connectivity index is 2.67. The van der Waals surface area contributed by atoms with Gasteiger partial charge in [-0.05, 0) is 12.8 Å². The molecule has 1 fully saturated rings.